The Hall–Kier alpha value is -1.30. The molecule has 1 fully saturated rings. The molecule has 6 heteroatoms. The molecule has 0 aromatic carbocycles. The maximum Gasteiger partial charge on any atom is 0.315 e. The Morgan fingerprint density at radius 1 is 1.29 bits per heavy atom. The first-order valence-corrected chi connectivity index (χ1v) is 7.73. The van der Waals surface area contributed by atoms with Gasteiger partial charge in [0.15, 0.2) is 0 Å². The van der Waals surface area contributed by atoms with Gasteiger partial charge in [-0.1, -0.05) is 26.7 Å². The van der Waals surface area contributed by atoms with Crippen LogP contribution in [0.3, 0.4) is 0 Å². The smallest absolute Gasteiger partial charge is 0.315 e. The van der Waals surface area contributed by atoms with Crippen LogP contribution in [-0.4, -0.2) is 42.9 Å². The van der Waals surface area contributed by atoms with Gasteiger partial charge >= 0.3 is 12.0 Å². The first-order valence-electron chi connectivity index (χ1n) is 7.73. The minimum absolute atomic E-state index is 0.116. The van der Waals surface area contributed by atoms with Crippen LogP contribution in [0.4, 0.5) is 4.79 Å². The van der Waals surface area contributed by atoms with E-state index in [4.69, 9.17) is 9.84 Å². The standard InChI is InChI=1S/C15H28N2O4/c1-10(2)12-6-4-5-7-13(12)17-15(20)16-9-11(21-3)8-14(18)19/h10-13H,4-9H2,1-3H3,(H,18,19)(H2,16,17,20). The highest BCUT2D eigenvalue weighted by molar-refractivity contribution is 5.74. The first kappa shape index (κ1) is 17.8. The number of carbonyl (C=O) groups excluding carboxylic acids is 1. The average Bonchev–Trinajstić information content (AvgIpc) is 2.43. The van der Waals surface area contributed by atoms with E-state index in [9.17, 15) is 9.59 Å². The van der Waals surface area contributed by atoms with Crippen LogP contribution in [0.25, 0.3) is 0 Å². The van der Waals surface area contributed by atoms with Gasteiger partial charge in [-0.3, -0.25) is 4.79 Å². The second kappa shape index (κ2) is 8.87. The summed E-state index contributed by atoms with van der Waals surface area (Å²) >= 11 is 0. The molecule has 6 nitrogen and oxygen atoms in total. The Labute approximate surface area is 126 Å². The van der Waals surface area contributed by atoms with Crippen molar-refractivity contribution < 1.29 is 19.4 Å². The van der Waals surface area contributed by atoms with Crippen LogP contribution in [0, 0.1) is 11.8 Å². The lowest BCUT2D eigenvalue weighted by molar-refractivity contribution is -0.139. The number of hydrogen-bond acceptors (Lipinski definition) is 3. The van der Waals surface area contributed by atoms with Gasteiger partial charge in [-0.2, -0.15) is 0 Å². The molecule has 0 saturated heterocycles. The maximum atomic E-state index is 12.0. The van der Waals surface area contributed by atoms with Gasteiger partial charge in [0.25, 0.3) is 0 Å². The van der Waals surface area contributed by atoms with E-state index in [-0.39, 0.29) is 25.0 Å². The van der Waals surface area contributed by atoms with E-state index >= 15 is 0 Å². The van der Waals surface area contributed by atoms with E-state index in [2.05, 4.69) is 24.5 Å². The fourth-order valence-electron chi connectivity index (χ4n) is 3.00. The number of ether oxygens (including phenoxy) is 1. The maximum absolute atomic E-state index is 12.0. The minimum atomic E-state index is -0.934. The van der Waals surface area contributed by atoms with Crippen LogP contribution in [0.2, 0.25) is 0 Å². The molecule has 0 spiro atoms. The highest BCUT2D eigenvalue weighted by Gasteiger charge is 2.28. The molecule has 0 bridgehead atoms. The molecule has 122 valence electrons. The molecule has 0 aromatic heterocycles. The van der Waals surface area contributed by atoms with Crippen LogP contribution >= 0.6 is 0 Å². The molecule has 21 heavy (non-hydrogen) atoms. The van der Waals surface area contributed by atoms with Crippen molar-refractivity contribution in [3.05, 3.63) is 0 Å². The first-order chi connectivity index (χ1) is 9.93. The Balaban J connectivity index is 2.39. The molecule has 0 heterocycles. The van der Waals surface area contributed by atoms with Crippen molar-refractivity contribution in [3.8, 4) is 0 Å². The summed E-state index contributed by atoms with van der Waals surface area (Å²) in [5, 5.41) is 14.5. The molecule has 1 rings (SSSR count). The van der Waals surface area contributed by atoms with Crippen molar-refractivity contribution in [2.24, 2.45) is 11.8 Å². The minimum Gasteiger partial charge on any atom is -0.481 e. The third-order valence-electron chi connectivity index (χ3n) is 4.22. The van der Waals surface area contributed by atoms with Crippen molar-refractivity contribution in [3.63, 3.8) is 0 Å². The molecule has 0 radical (unpaired) electrons. The zero-order valence-corrected chi connectivity index (χ0v) is 13.2. The predicted molar refractivity (Wildman–Crippen MR) is 80.2 cm³/mol. The van der Waals surface area contributed by atoms with Crippen LogP contribution in [-0.2, 0) is 9.53 Å². The lowest BCUT2D eigenvalue weighted by Gasteiger charge is -2.35. The van der Waals surface area contributed by atoms with Crippen LogP contribution in [0.1, 0.15) is 46.0 Å². The highest BCUT2D eigenvalue weighted by atomic mass is 16.5. The van der Waals surface area contributed by atoms with E-state index < -0.39 is 12.1 Å². The largest absolute Gasteiger partial charge is 0.481 e. The average molecular weight is 300 g/mol. The van der Waals surface area contributed by atoms with Crippen LogP contribution < -0.4 is 10.6 Å². The van der Waals surface area contributed by atoms with Crippen molar-refractivity contribution in [2.75, 3.05) is 13.7 Å². The van der Waals surface area contributed by atoms with Gasteiger partial charge in [-0.25, -0.2) is 4.79 Å². The van der Waals surface area contributed by atoms with Crippen molar-refractivity contribution >= 4 is 12.0 Å². The number of aliphatic carboxylic acids is 1. The lowest BCUT2D eigenvalue weighted by Crippen LogP contribution is -2.49. The number of nitrogens with one attached hydrogen (secondary N) is 2. The summed E-state index contributed by atoms with van der Waals surface area (Å²) in [5.74, 6) is 0.132. The molecule has 1 aliphatic rings. The number of amides is 2. The molecule has 3 unspecified atom stereocenters. The molecule has 0 aromatic rings. The summed E-state index contributed by atoms with van der Waals surface area (Å²) < 4.78 is 5.04. The lowest BCUT2D eigenvalue weighted by atomic mass is 9.78. The van der Waals surface area contributed by atoms with Crippen molar-refractivity contribution in [1.29, 1.82) is 0 Å². The van der Waals surface area contributed by atoms with E-state index in [0.29, 0.717) is 11.8 Å². The number of carboxylic acid groups (broad SMARTS) is 1. The number of carbonyl (C=O) groups is 2. The second-order valence-corrected chi connectivity index (χ2v) is 6.11. The molecule has 1 saturated carbocycles. The Kier molecular flexibility index (Phi) is 7.50. The third kappa shape index (κ3) is 6.33. The molecular formula is C15H28N2O4. The molecule has 1 aliphatic carbocycles. The summed E-state index contributed by atoms with van der Waals surface area (Å²) in [6.07, 6.45) is 3.93. The quantitative estimate of drug-likeness (QED) is 0.671. The number of carboxylic acids is 1. The summed E-state index contributed by atoms with van der Waals surface area (Å²) in [5.41, 5.74) is 0. The molecule has 0 aliphatic heterocycles. The van der Waals surface area contributed by atoms with E-state index in [1.165, 1.54) is 13.5 Å². The summed E-state index contributed by atoms with van der Waals surface area (Å²) in [7, 11) is 1.45. The van der Waals surface area contributed by atoms with Gasteiger partial charge in [0.2, 0.25) is 0 Å². The highest BCUT2D eigenvalue weighted by Crippen LogP contribution is 2.30. The fourth-order valence-corrected chi connectivity index (χ4v) is 3.00. The molecule has 3 atom stereocenters. The summed E-state index contributed by atoms with van der Waals surface area (Å²) in [4.78, 5) is 22.6. The van der Waals surface area contributed by atoms with Gasteiger partial charge in [0.1, 0.15) is 0 Å². The topological polar surface area (TPSA) is 87.7 Å². The fraction of sp³-hybridized carbons (Fsp3) is 0.867. The summed E-state index contributed by atoms with van der Waals surface area (Å²) in [6.45, 7) is 4.58. The zero-order chi connectivity index (χ0) is 15.8. The third-order valence-corrected chi connectivity index (χ3v) is 4.22. The van der Waals surface area contributed by atoms with E-state index in [1.54, 1.807) is 0 Å². The SMILES string of the molecule is COC(CNC(=O)NC1CCCCC1C(C)C)CC(=O)O. The Morgan fingerprint density at radius 3 is 2.52 bits per heavy atom. The number of hydrogen-bond donors (Lipinski definition) is 3. The monoisotopic (exact) mass is 300 g/mol. The van der Waals surface area contributed by atoms with Gasteiger partial charge in [-0.15, -0.1) is 0 Å². The zero-order valence-electron chi connectivity index (χ0n) is 13.2. The second-order valence-electron chi connectivity index (χ2n) is 6.11. The normalized spacial score (nSPS) is 23.6. The predicted octanol–water partition coefficient (Wildman–Crippen LogP) is 1.99. The number of rotatable bonds is 7. The van der Waals surface area contributed by atoms with E-state index in [1.807, 2.05) is 0 Å². The van der Waals surface area contributed by atoms with Crippen LogP contribution in [0.15, 0.2) is 0 Å². The van der Waals surface area contributed by atoms with Crippen LogP contribution in [0.5, 0.6) is 0 Å². The molecule has 3 N–H and O–H groups in total. The molecule has 2 amide bonds. The number of urea groups is 1. The summed E-state index contributed by atoms with van der Waals surface area (Å²) in [6, 6.07) is -0.0285. The Bertz CT molecular complexity index is 347. The van der Waals surface area contributed by atoms with Gasteiger partial charge in [-0.05, 0) is 24.7 Å². The van der Waals surface area contributed by atoms with Gasteiger partial charge < -0.3 is 20.5 Å². The van der Waals surface area contributed by atoms with Gasteiger partial charge in [0, 0.05) is 19.7 Å². The van der Waals surface area contributed by atoms with E-state index in [0.717, 1.165) is 19.3 Å². The van der Waals surface area contributed by atoms with Crippen molar-refractivity contribution in [2.45, 2.75) is 58.1 Å². The Morgan fingerprint density at radius 2 is 1.95 bits per heavy atom. The molecular weight excluding hydrogens is 272 g/mol. The van der Waals surface area contributed by atoms with Gasteiger partial charge in [0.05, 0.1) is 12.5 Å². The van der Waals surface area contributed by atoms with Crippen molar-refractivity contribution in [1.82, 2.24) is 10.6 Å². The number of methoxy groups -OCH3 is 1.